The summed E-state index contributed by atoms with van der Waals surface area (Å²) in [6, 6.07) is 8.87. The maximum atomic E-state index is 13.0. The molecule has 0 saturated carbocycles. The fraction of sp³-hybridized carbons (Fsp3) is 0.350. The van der Waals surface area contributed by atoms with Crippen LogP contribution in [0.5, 0.6) is 5.75 Å². The zero-order valence-electron chi connectivity index (χ0n) is 15.3. The molecule has 1 aliphatic heterocycles. The Morgan fingerprint density at radius 1 is 1.19 bits per heavy atom. The molecule has 2 heterocycles. The maximum absolute atomic E-state index is 13.0. The van der Waals surface area contributed by atoms with Crippen molar-refractivity contribution in [3.05, 3.63) is 48.3 Å². The average Bonchev–Trinajstić information content (AvgIpc) is 3.09. The van der Waals surface area contributed by atoms with Gasteiger partial charge in [-0.1, -0.05) is 12.1 Å². The van der Waals surface area contributed by atoms with Gasteiger partial charge in [0.2, 0.25) is 0 Å². The number of hydrogen-bond donors (Lipinski definition) is 1. The van der Waals surface area contributed by atoms with Crippen LogP contribution in [0.25, 0.3) is 11.1 Å². The van der Waals surface area contributed by atoms with Gasteiger partial charge in [0, 0.05) is 37.7 Å². The highest BCUT2D eigenvalue weighted by atomic mass is 16.5. The number of pyridine rings is 1. The number of nitrogens with zero attached hydrogens (tertiary/aromatic N) is 2. The Kier molecular flexibility index (Phi) is 5.71. The fourth-order valence-corrected chi connectivity index (χ4v) is 3.35. The zero-order valence-corrected chi connectivity index (χ0v) is 15.3. The summed E-state index contributed by atoms with van der Waals surface area (Å²) >= 11 is 0. The number of ether oxygens (including phenoxy) is 2. The second-order valence-electron chi connectivity index (χ2n) is 6.49. The van der Waals surface area contributed by atoms with Gasteiger partial charge in [0.25, 0.3) is 5.91 Å². The smallest absolute Gasteiger partial charge is 0.305 e. The first-order chi connectivity index (χ1) is 13.0. The molecule has 3 rings (SSSR count). The van der Waals surface area contributed by atoms with Crippen molar-refractivity contribution < 1.29 is 24.2 Å². The predicted molar refractivity (Wildman–Crippen MR) is 98.7 cm³/mol. The molecular formula is C20H22N2O5. The SMILES string of the molecule is COc1ccc(-c2cncc(C(=O)N3CC(OC)CC3CC(=O)O)c2)cc1. The predicted octanol–water partition coefficient (Wildman–Crippen LogP) is 2.46. The van der Waals surface area contributed by atoms with Crippen molar-refractivity contribution >= 4 is 11.9 Å². The molecule has 142 valence electrons. The molecule has 1 N–H and O–H groups in total. The van der Waals surface area contributed by atoms with Crippen LogP contribution in [0, 0.1) is 0 Å². The molecule has 1 aliphatic rings. The summed E-state index contributed by atoms with van der Waals surface area (Å²) in [7, 11) is 3.18. The van der Waals surface area contributed by atoms with Crippen molar-refractivity contribution in [3.8, 4) is 16.9 Å². The zero-order chi connectivity index (χ0) is 19.4. The molecule has 1 fully saturated rings. The molecule has 7 nitrogen and oxygen atoms in total. The number of carboxylic acids is 1. The number of carbonyl (C=O) groups is 2. The lowest BCUT2D eigenvalue weighted by Crippen LogP contribution is -2.37. The summed E-state index contributed by atoms with van der Waals surface area (Å²) in [6.07, 6.45) is 3.45. The lowest BCUT2D eigenvalue weighted by atomic mass is 10.0. The number of benzene rings is 1. The van der Waals surface area contributed by atoms with Gasteiger partial charge in [0.05, 0.1) is 25.2 Å². The molecule has 2 unspecified atom stereocenters. The number of rotatable bonds is 6. The van der Waals surface area contributed by atoms with Crippen LogP contribution in [0.15, 0.2) is 42.7 Å². The molecule has 7 heteroatoms. The van der Waals surface area contributed by atoms with Crippen LogP contribution >= 0.6 is 0 Å². The van der Waals surface area contributed by atoms with Gasteiger partial charge in [-0.05, 0) is 30.2 Å². The van der Waals surface area contributed by atoms with Crippen LogP contribution < -0.4 is 4.74 Å². The summed E-state index contributed by atoms with van der Waals surface area (Å²) in [6.45, 7) is 0.375. The van der Waals surface area contributed by atoms with Gasteiger partial charge in [-0.25, -0.2) is 0 Å². The highest BCUT2D eigenvalue weighted by molar-refractivity contribution is 5.95. The van der Waals surface area contributed by atoms with E-state index in [-0.39, 0.29) is 24.5 Å². The molecule has 1 saturated heterocycles. The van der Waals surface area contributed by atoms with E-state index in [1.54, 1.807) is 31.4 Å². The number of aliphatic carboxylic acids is 1. The summed E-state index contributed by atoms with van der Waals surface area (Å²) in [5.74, 6) is -0.415. The second kappa shape index (κ2) is 8.18. The van der Waals surface area contributed by atoms with Crippen molar-refractivity contribution in [1.29, 1.82) is 0 Å². The highest BCUT2D eigenvalue weighted by Crippen LogP contribution is 2.27. The Morgan fingerprint density at radius 2 is 1.93 bits per heavy atom. The molecule has 0 spiro atoms. The lowest BCUT2D eigenvalue weighted by molar-refractivity contribution is -0.137. The van der Waals surface area contributed by atoms with Gasteiger partial charge < -0.3 is 19.5 Å². The molecule has 1 amide bonds. The van der Waals surface area contributed by atoms with Crippen LogP contribution in [0.4, 0.5) is 0 Å². The van der Waals surface area contributed by atoms with Crippen LogP contribution in [0.2, 0.25) is 0 Å². The van der Waals surface area contributed by atoms with E-state index < -0.39 is 5.97 Å². The van der Waals surface area contributed by atoms with Gasteiger partial charge in [0.1, 0.15) is 5.75 Å². The lowest BCUT2D eigenvalue weighted by Gasteiger charge is -2.23. The van der Waals surface area contributed by atoms with Crippen molar-refractivity contribution in [2.75, 3.05) is 20.8 Å². The molecule has 1 aromatic carbocycles. The Bertz CT molecular complexity index is 821. The van der Waals surface area contributed by atoms with Crippen molar-refractivity contribution in [1.82, 2.24) is 9.88 Å². The molecule has 0 bridgehead atoms. The summed E-state index contributed by atoms with van der Waals surface area (Å²) < 4.78 is 10.5. The molecule has 2 aromatic rings. The minimum Gasteiger partial charge on any atom is -0.497 e. The molecule has 27 heavy (non-hydrogen) atoms. The molecule has 0 radical (unpaired) electrons. The molecule has 2 atom stereocenters. The van der Waals surface area contributed by atoms with Gasteiger partial charge >= 0.3 is 5.97 Å². The van der Waals surface area contributed by atoms with Gasteiger partial charge in [0.15, 0.2) is 0 Å². The Morgan fingerprint density at radius 3 is 2.56 bits per heavy atom. The van der Waals surface area contributed by atoms with E-state index in [0.717, 1.165) is 16.9 Å². The Labute approximate surface area is 157 Å². The average molecular weight is 370 g/mol. The van der Waals surface area contributed by atoms with Crippen molar-refractivity contribution in [2.24, 2.45) is 0 Å². The topological polar surface area (TPSA) is 89.0 Å². The molecular weight excluding hydrogens is 348 g/mol. The first kappa shape index (κ1) is 18.8. The van der Waals surface area contributed by atoms with Crippen LogP contribution in [-0.2, 0) is 9.53 Å². The van der Waals surface area contributed by atoms with Gasteiger partial charge in [-0.15, -0.1) is 0 Å². The monoisotopic (exact) mass is 370 g/mol. The highest BCUT2D eigenvalue weighted by Gasteiger charge is 2.37. The number of methoxy groups -OCH3 is 2. The van der Waals surface area contributed by atoms with Crippen molar-refractivity contribution in [2.45, 2.75) is 25.0 Å². The van der Waals surface area contributed by atoms with E-state index in [4.69, 9.17) is 14.6 Å². The quantitative estimate of drug-likeness (QED) is 0.840. The van der Waals surface area contributed by atoms with Crippen LogP contribution in [0.1, 0.15) is 23.2 Å². The summed E-state index contributed by atoms with van der Waals surface area (Å²) in [4.78, 5) is 29.9. The standard InChI is InChI=1S/C20H22N2O5/c1-26-17-5-3-13(4-6-17)14-7-15(11-21-10-14)20(25)22-12-18(27-2)8-16(22)9-19(23)24/h3-7,10-11,16,18H,8-9,12H2,1-2H3,(H,23,24). The van der Waals surface area contributed by atoms with Crippen LogP contribution in [0.3, 0.4) is 0 Å². The first-order valence-corrected chi connectivity index (χ1v) is 8.67. The normalized spacial score (nSPS) is 19.1. The van der Waals surface area contributed by atoms with Crippen LogP contribution in [-0.4, -0.2) is 59.8 Å². The minimum absolute atomic E-state index is 0.100. The van der Waals surface area contributed by atoms with E-state index in [9.17, 15) is 9.59 Å². The Hall–Kier alpha value is -2.93. The van der Waals surface area contributed by atoms with Crippen molar-refractivity contribution in [3.63, 3.8) is 0 Å². The minimum atomic E-state index is -0.931. The molecule has 0 aliphatic carbocycles. The van der Waals surface area contributed by atoms with Gasteiger partial charge in [-0.2, -0.15) is 0 Å². The third kappa shape index (κ3) is 4.25. The number of aromatic nitrogens is 1. The van der Waals surface area contributed by atoms with E-state index in [1.165, 1.54) is 6.20 Å². The number of carboxylic acid groups (broad SMARTS) is 1. The number of likely N-dealkylation sites (tertiary alicyclic amines) is 1. The van der Waals surface area contributed by atoms with E-state index in [1.807, 2.05) is 24.3 Å². The summed E-state index contributed by atoms with van der Waals surface area (Å²) in [5, 5.41) is 9.14. The van der Waals surface area contributed by atoms with E-state index in [0.29, 0.717) is 18.5 Å². The number of hydrogen-bond acceptors (Lipinski definition) is 5. The molecule has 1 aromatic heterocycles. The fourth-order valence-electron chi connectivity index (χ4n) is 3.35. The second-order valence-corrected chi connectivity index (χ2v) is 6.49. The maximum Gasteiger partial charge on any atom is 0.305 e. The number of amides is 1. The Balaban J connectivity index is 1.84. The first-order valence-electron chi connectivity index (χ1n) is 8.67. The summed E-state index contributed by atoms with van der Waals surface area (Å²) in [5.41, 5.74) is 2.15. The third-order valence-electron chi connectivity index (χ3n) is 4.79. The van der Waals surface area contributed by atoms with E-state index in [2.05, 4.69) is 4.98 Å². The largest absolute Gasteiger partial charge is 0.497 e. The van der Waals surface area contributed by atoms with E-state index >= 15 is 0 Å². The third-order valence-corrected chi connectivity index (χ3v) is 4.79. The number of carbonyl (C=O) groups excluding carboxylic acids is 1. The van der Waals surface area contributed by atoms with Gasteiger partial charge in [-0.3, -0.25) is 14.6 Å².